The average Bonchev–Trinajstić information content (AvgIpc) is 2.66. The van der Waals surface area contributed by atoms with E-state index in [0.717, 1.165) is 11.1 Å². The van der Waals surface area contributed by atoms with Crippen molar-refractivity contribution in [3.63, 3.8) is 0 Å². The van der Waals surface area contributed by atoms with E-state index in [2.05, 4.69) is 17.2 Å². The quantitative estimate of drug-likeness (QED) is 0.627. The van der Waals surface area contributed by atoms with Crippen molar-refractivity contribution in [2.45, 2.75) is 19.6 Å². The highest BCUT2D eigenvalue weighted by molar-refractivity contribution is 5.67. The molecule has 1 amide bonds. The molecule has 2 aromatic carbocycles. The first-order valence-corrected chi connectivity index (χ1v) is 7.94. The van der Waals surface area contributed by atoms with Gasteiger partial charge < -0.3 is 19.9 Å². The Morgan fingerprint density at radius 1 is 1.16 bits per heavy atom. The summed E-state index contributed by atoms with van der Waals surface area (Å²) in [6.45, 7) is 0.583. The molecule has 130 valence electrons. The number of aliphatic hydroxyl groups is 1. The molecule has 25 heavy (non-hydrogen) atoms. The minimum Gasteiger partial charge on any atom is -0.495 e. The van der Waals surface area contributed by atoms with Crippen LogP contribution in [0.5, 0.6) is 5.75 Å². The lowest BCUT2D eigenvalue weighted by Gasteiger charge is -2.06. The first-order valence-electron chi connectivity index (χ1n) is 7.94. The number of hydrogen-bond acceptors (Lipinski definition) is 4. The monoisotopic (exact) mass is 339 g/mol. The molecule has 0 aliphatic carbocycles. The third kappa shape index (κ3) is 6.21. The first kappa shape index (κ1) is 18.4. The predicted octanol–water partition coefficient (Wildman–Crippen LogP) is 2.86. The van der Waals surface area contributed by atoms with Gasteiger partial charge in [-0.25, -0.2) is 4.79 Å². The van der Waals surface area contributed by atoms with Crippen LogP contribution < -0.4 is 10.1 Å². The molecule has 2 aromatic rings. The van der Waals surface area contributed by atoms with Gasteiger partial charge in [0.15, 0.2) is 0 Å². The van der Waals surface area contributed by atoms with E-state index in [0.29, 0.717) is 24.3 Å². The van der Waals surface area contributed by atoms with Gasteiger partial charge in [-0.2, -0.15) is 0 Å². The second kappa shape index (κ2) is 10.0. The molecule has 0 atom stereocenters. The van der Waals surface area contributed by atoms with Crippen LogP contribution in [0.15, 0.2) is 48.5 Å². The molecule has 0 radical (unpaired) electrons. The van der Waals surface area contributed by atoms with Gasteiger partial charge in [0, 0.05) is 13.0 Å². The molecule has 2 N–H and O–H groups in total. The number of alkyl carbamates (subject to hydrolysis) is 1. The van der Waals surface area contributed by atoms with Gasteiger partial charge in [0.05, 0.1) is 19.3 Å². The van der Waals surface area contributed by atoms with Gasteiger partial charge in [-0.3, -0.25) is 0 Å². The standard InChI is InChI=1S/C20H21NO4/c1-24-19-11-10-17(14-22)13-18(19)9-5-6-12-21-20(23)25-15-16-7-3-2-4-8-16/h2-4,7-8,10-11,13,22H,6,12,14-15H2,1H3,(H,21,23). The van der Waals surface area contributed by atoms with Crippen LogP contribution in [0, 0.1) is 11.8 Å². The van der Waals surface area contributed by atoms with Crippen LogP contribution in [0.4, 0.5) is 4.79 Å². The Morgan fingerprint density at radius 2 is 1.96 bits per heavy atom. The van der Waals surface area contributed by atoms with Gasteiger partial charge in [0.1, 0.15) is 12.4 Å². The summed E-state index contributed by atoms with van der Waals surface area (Å²) in [4.78, 5) is 11.6. The summed E-state index contributed by atoms with van der Waals surface area (Å²) in [5, 5.41) is 11.8. The lowest BCUT2D eigenvalue weighted by molar-refractivity contribution is 0.140. The van der Waals surface area contributed by atoms with Crippen molar-refractivity contribution in [3.8, 4) is 17.6 Å². The van der Waals surface area contributed by atoms with Gasteiger partial charge in [0.25, 0.3) is 0 Å². The molecule has 5 heteroatoms. The van der Waals surface area contributed by atoms with Crippen molar-refractivity contribution in [3.05, 3.63) is 65.2 Å². The van der Waals surface area contributed by atoms with Crippen LogP contribution in [-0.2, 0) is 18.0 Å². The Kier molecular flexibility index (Phi) is 7.36. The van der Waals surface area contributed by atoms with E-state index in [9.17, 15) is 9.90 Å². The van der Waals surface area contributed by atoms with Gasteiger partial charge in [-0.15, -0.1) is 0 Å². The molecule has 0 heterocycles. The summed E-state index contributed by atoms with van der Waals surface area (Å²) in [5.74, 6) is 6.62. The number of aliphatic hydroxyl groups excluding tert-OH is 1. The van der Waals surface area contributed by atoms with E-state index in [1.807, 2.05) is 30.3 Å². The van der Waals surface area contributed by atoms with Crippen LogP contribution in [0.25, 0.3) is 0 Å². The summed E-state index contributed by atoms with van der Waals surface area (Å²) < 4.78 is 10.4. The Hall–Kier alpha value is -2.97. The number of carbonyl (C=O) groups is 1. The lowest BCUT2D eigenvalue weighted by Crippen LogP contribution is -2.24. The third-order valence-corrected chi connectivity index (χ3v) is 3.40. The summed E-state index contributed by atoms with van der Waals surface area (Å²) >= 11 is 0. The molecule has 5 nitrogen and oxygen atoms in total. The van der Waals surface area contributed by atoms with Crippen molar-refractivity contribution >= 4 is 6.09 Å². The maximum absolute atomic E-state index is 11.6. The number of rotatable bonds is 6. The van der Waals surface area contributed by atoms with Crippen LogP contribution >= 0.6 is 0 Å². The third-order valence-electron chi connectivity index (χ3n) is 3.40. The zero-order chi connectivity index (χ0) is 17.9. The molecule has 0 bridgehead atoms. The zero-order valence-corrected chi connectivity index (χ0v) is 14.1. The van der Waals surface area contributed by atoms with Crippen LogP contribution in [-0.4, -0.2) is 24.9 Å². The highest BCUT2D eigenvalue weighted by Gasteiger charge is 2.02. The van der Waals surface area contributed by atoms with E-state index >= 15 is 0 Å². The van der Waals surface area contributed by atoms with Crippen molar-refractivity contribution in [2.24, 2.45) is 0 Å². The summed E-state index contributed by atoms with van der Waals surface area (Å²) in [5.41, 5.74) is 2.42. The Balaban J connectivity index is 1.76. The second-order valence-electron chi connectivity index (χ2n) is 5.23. The van der Waals surface area contributed by atoms with Gasteiger partial charge in [-0.1, -0.05) is 48.2 Å². The van der Waals surface area contributed by atoms with Crippen LogP contribution in [0.1, 0.15) is 23.1 Å². The maximum Gasteiger partial charge on any atom is 0.407 e. The van der Waals surface area contributed by atoms with Gasteiger partial charge in [-0.05, 0) is 23.3 Å². The number of amides is 1. The molecule has 0 saturated carbocycles. The highest BCUT2D eigenvalue weighted by atomic mass is 16.5. The van der Waals surface area contributed by atoms with Crippen molar-refractivity contribution in [1.82, 2.24) is 5.32 Å². The maximum atomic E-state index is 11.6. The van der Waals surface area contributed by atoms with Gasteiger partial charge in [0.2, 0.25) is 0 Å². The smallest absolute Gasteiger partial charge is 0.407 e. The van der Waals surface area contributed by atoms with Crippen LogP contribution in [0.2, 0.25) is 0 Å². The number of hydrogen-bond donors (Lipinski definition) is 2. The Morgan fingerprint density at radius 3 is 2.68 bits per heavy atom. The molecule has 0 fully saturated rings. The number of nitrogens with one attached hydrogen (secondary N) is 1. The predicted molar refractivity (Wildman–Crippen MR) is 95.0 cm³/mol. The SMILES string of the molecule is COc1ccc(CO)cc1C#CCCNC(=O)OCc1ccccc1. The van der Waals surface area contributed by atoms with E-state index in [-0.39, 0.29) is 13.2 Å². The van der Waals surface area contributed by atoms with Crippen LogP contribution in [0.3, 0.4) is 0 Å². The lowest BCUT2D eigenvalue weighted by atomic mass is 10.1. The molecule has 2 rings (SSSR count). The van der Waals surface area contributed by atoms with Crippen molar-refractivity contribution < 1.29 is 19.4 Å². The topological polar surface area (TPSA) is 67.8 Å². The zero-order valence-electron chi connectivity index (χ0n) is 14.1. The van der Waals surface area contributed by atoms with E-state index in [1.165, 1.54) is 0 Å². The Labute approximate surface area is 147 Å². The molecule has 0 aliphatic rings. The molecular formula is C20H21NO4. The Bertz CT molecular complexity index is 747. The van der Waals surface area contributed by atoms with Crippen molar-refractivity contribution in [2.75, 3.05) is 13.7 Å². The van der Waals surface area contributed by atoms with E-state index in [4.69, 9.17) is 9.47 Å². The normalized spacial score (nSPS) is 9.68. The first-order chi connectivity index (χ1) is 12.2. The average molecular weight is 339 g/mol. The molecule has 0 unspecified atom stereocenters. The summed E-state index contributed by atoms with van der Waals surface area (Å²) in [7, 11) is 1.57. The fourth-order valence-electron chi connectivity index (χ4n) is 2.11. The van der Waals surface area contributed by atoms with E-state index in [1.54, 1.807) is 25.3 Å². The van der Waals surface area contributed by atoms with E-state index < -0.39 is 6.09 Å². The number of ether oxygens (including phenoxy) is 2. The van der Waals surface area contributed by atoms with Crippen molar-refractivity contribution in [1.29, 1.82) is 0 Å². The second-order valence-corrected chi connectivity index (χ2v) is 5.23. The fraction of sp³-hybridized carbons (Fsp3) is 0.250. The minimum atomic E-state index is -0.467. The highest BCUT2D eigenvalue weighted by Crippen LogP contribution is 2.18. The number of methoxy groups -OCH3 is 1. The number of carbonyl (C=O) groups excluding carboxylic acids is 1. The fourth-order valence-corrected chi connectivity index (χ4v) is 2.11. The summed E-state index contributed by atoms with van der Waals surface area (Å²) in [6.07, 6.45) is 0.0120. The molecule has 0 saturated heterocycles. The largest absolute Gasteiger partial charge is 0.495 e. The molecule has 0 aliphatic heterocycles. The minimum absolute atomic E-state index is 0.0481. The van der Waals surface area contributed by atoms with Gasteiger partial charge >= 0.3 is 6.09 Å². The molecule has 0 aromatic heterocycles. The number of benzene rings is 2. The molecular weight excluding hydrogens is 318 g/mol. The molecule has 0 spiro atoms. The summed E-state index contributed by atoms with van der Waals surface area (Å²) in [6, 6.07) is 14.8.